The standard InChI is InChI=1S/C16H15NO2/c18-16(17-19)15-13-7-3-1-5-11(13)9-10-12-6-2-4-8-14(12)15/h1-11,13,15,19H,(H,17,18). The Bertz CT molecular complexity index is 586. The van der Waals surface area contributed by atoms with Crippen molar-refractivity contribution in [1.29, 1.82) is 0 Å². The second-order valence-electron chi connectivity index (χ2n) is 4.87. The predicted octanol–water partition coefficient (Wildman–Crippen LogP) is 2.66. The maximum Gasteiger partial charge on any atom is 0.251 e. The lowest BCUT2D eigenvalue weighted by atomic mass is 9.76. The molecule has 96 valence electrons. The van der Waals surface area contributed by atoms with Gasteiger partial charge in [-0.1, -0.05) is 60.7 Å². The van der Waals surface area contributed by atoms with Gasteiger partial charge in [0.25, 0.3) is 5.91 Å². The van der Waals surface area contributed by atoms with Crippen LogP contribution < -0.4 is 5.48 Å². The van der Waals surface area contributed by atoms with E-state index < -0.39 is 0 Å². The van der Waals surface area contributed by atoms with E-state index in [0.29, 0.717) is 0 Å². The summed E-state index contributed by atoms with van der Waals surface area (Å²) in [6.07, 6.45) is 12.3. The molecule has 2 N–H and O–H groups in total. The molecule has 0 saturated carbocycles. The van der Waals surface area contributed by atoms with Crippen molar-refractivity contribution in [1.82, 2.24) is 5.48 Å². The summed E-state index contributed by atoms with van der Waals surface area (Å²) in [7, 11) is 0. The first-order valence-corrected chi connectivity index (χ1v) is 6.37. The summed E-state index contributed by atoms with van der Waals surface area (Å²) in [5, 5.41) is 9.03. The summed E-state index contributed by atoms with van der Waals surface area (Å²) < 4.78 is 0. The van der Waals surface area contributed by atoms with Crippen LogP contribution in [-0.2, 0) is 4.79 Å². The number of rotatable bonds is 1. The minimum Gasteiger partial charge on any atom is -0.289 e. The molecule has 0 saturated heterocycles. The zero-order chi connectivity index (χ0) is 13.2. The summed E-state index contributed by atoms with van der Waals surface area (Å²) in [5.41, 5.74) is 3.80. The predicted molar refractivity (Wildman–Crippen MR) is 73.4 cm³/mol. The highest BCUT2D eigenvalue weighted by atomic mass is 16.5. The fourth-order valence-corrected chi connectivity index (χ4v) is 2.92. The molecule has 0 spiro atoms. The number of hydrogen-bond acceptors (Lipinski definition) is 2. The van der Waals surface area contributed by atoms with E-state index in [9.17, 15) is 4.79 Å². The second-order valence-corrected chi connectivity index (χ2v) is 4.87. The Balaban J connectivity index is 2.14. The Hall–Kier alpha value is -2.13. The third kappa shape index (κ3) is 2.02. The Morgan fingerprint density at radius 2 is 1.89 bits per heavy atom. The van der Waals surface area contributed by atoms with E-state index in [2.05, 4.69) is 18.2 Å². The first-order chi connectivity index (χ1) is 9.31. The maximum absolute atomic E-state index is 12.1. The molecule has 0 aliphatic heterocycles. The Kier molecular flexibility index (Phi) is 3.05. The quantitative estimate of drug-likeness (QED) is 0.597. The van der Waals surface area contributed by atoms with Gasteiger partial charge in [0, 0.05) is 11.8 Å². The SMILES string of the molecule is O=C(NO)C1c2ccccc2C=CC2C=CC=CC21. The highest BCUT2D eigenvalue weighted by molar-refractivity contribution is 5.85. The molecule has 3 nitrogen and oxygen atoms in total. The highest BCUT2D eigenvalue weighted by Gasteiger charge is 2.35. The molecule has 0 fully saturated rings. The fraction of sp³-hybridized carbons (Fsp3) is 0.188. The Labute approximate surface area is 111 Å². The third-order valence-electron chi connectivity index (χ3n) is 3.83. The Morgan fingerprint density at radius 3 is 2.74 bits per heavy atom. The largest absolute Gasteiger partial charge is 0.289 e. The van der Waals surface area contributed by atoms with Crippen molar-refractivity contribution >= 4 is 12.0 Å². The molecule has 1 aromatic rings. The lowest BCUT2D eigenvalue weighted by Gasteiger charge is -2.28. The van der Waals surface area contributed by atoms with Crippen molar-refractivity contribution in [2.45, 2.75) is 5.92 Å². The van der Waals surface area contributed by atoms with E-state index in [1.165, 1.54) is 0 Å². The van der Waals surface area contributed by atoms with E-state index in [-0.39, 0.29) is 23.7 Å². The van der Waals surface area contributed by atoms with Crippen LogP contribution in [0.5, 0.6) is 0 Å². The van der Waals surface area contributed by atoms with E-state index in [4.69, 9.17) is 5.21 Å². The van der Waals surface area contributed by atoms with Crippen LogP contribution in [0.15, 0.2) is 54.6 Å². The van der Waals surface area contributed by atoms with Crippen LogP contribution in [0.3, 0.4) is 0 Å². The average molecular weight is 253 g/mol. The molecule has 3 unspecified atom stereocenters. The van der Waals surface area contributed by atoms with Crippen molar-refractivity contribution in [3.8, 4) is 0 Å². The molecule has 1 aromatic carbocycles. The summed E-state index contributed by atoms with van der Waals surface area (Å²) in [5.74, 6) is -0.509. The van der Waals surface area contributed by atoms with Gasteiger partial charge < -0.3 is 0 Å². The third-order valence-corrected chi connectivity index (χ3v) is 3.83. The highest BCUT2D eigenvalue weighted by Crippen LogP contribution is 2.39. The molecule has 2 aliphatic carbocycles. The van der Waals surface area contributed by atoms with E-state index in [1.807, 2.05) is 48.0 Å². The lowest BCUT2D eigenvalue weighted by Crippen LogP contribution is -2.33. The first kappa shape index (κ1) is 11.9. The van der Waals surface area contributed by atoms with Gasteiger partial charge in [-0.3, -0.25) is 10.0 Å². The van der Waals surface area contributed by atoms with Crippen LogP contribution in [0.1, 0.15) is 17.0 Å². The molecular formula is C16H15NO2. The summed E-state index contributed by atoms with van der Waals surface area (Å²) in [4.78, 5) is 12.1. The molecule has 2 aliphatic rings. The van der Waals surface area contributed by atoms with Gasteiger partial charge in [0.05, 0.1) is 5.92 Å². The molecule has 0 heterocycles. The van der Waals surface area contributed by atoms with Crippen LogP contribution in [0.25, 0.3) is 6.08 Å². The van der Waals surface area contributed by atoms with E-state index >= 15 is 0 Å². The van der Waals surface area contributed by atoms with Crippen molar-refractivity contribution in [3.63, 3.8) is 0 Å². The number of carbonyl (C=O) groups excluding carboxylic acids is 1. The number of hydrogen-bond donors (Lipinski definition) is 2. The molecule has 3 heteroatoms. The second kappa shape index (κ2) is 4.86. The Morgan fingerprint density at radius 1 is 1.11 bits per heavy atom. The fourth-order valence-electron chi connectivity index (χ4n) is 2.92. The number of allylic oxidation sites excluding steroid dienone is 5. The van der Waals surface area contributed by atoms with Gasteiger partial charge in [0.2, 0.25) is 0 Å². The van der Waals surface area contributed by atoms with E-state index in [1.54, 1.807) is 0 Å². The molecule has 0 aromatic heterocycles. The van der Waals surface area contributed by atoms with Gasteiger partial charge in [0.1, 0.15) is 0 Å². The zero-order valence-electron chi connectivity index (χ0n) is 10.4. The van der Waals surface area contributed by atoms with Crippen LogP contribution in [0, 0.1) is 11.8 Å². The molecule has 0 bridgehead atoms. The van der Waals surface area contributed by atoms with Gasteiger partial charge in [0.15, 0.2) is 0 Å². The van der Waals surface area contributed by atoms with Crippen molar-refractivity contribution < 1.29 is 10.0 Å². The smallest absolute Gasteiger partial charge is 0.251 e. The lowest BCUT2D eigenvalue weighted by molar-refractivity contribution is -0.131. The number of fused-ring (bicyclic) bond motifs is 2. The molecule has 0 radical (unpaired) electrons. The summed E-state index contributed by atoms with van der Waals surface area (Å²) >= 11 is 0. The van der Waals surface area contributed by atoms with Crippen molar-refractivity contribution in [2.24, 2.45) is 11.8 Å². The van der Waals surface area contributed by atoms with Crippen LogP contribution in [0.4, 0.5) is 0 Å². The van der Waals surface area contributed by atoms with Crippen molar-refractivity contribution in [2.75, 3.05) is 0 Å². The maximum atomic E-state index is 12.1. The molecular weight excluding hydrogens is 238 g/mol. The number of carbonyl (C=O) groups is 1. The van der Waals surface area contributed by atoms with Gasteiger partial charge in [-0.15, -0.1) is 0 Å². The van der Waals surface area contributed by atoms with Gasteiger partial charge in [-0.05, 0) is 11.1 Å². The minimum absolute atomic E-state index is 0.0389. The zero-order valence-corrected chi connectivity index (χ0v) is 10.4. The van der Waals surface area contributed by atoms with E-state index in [0.717, 1.165) is 11.1 Å². The molecule has 3 rings (SSSR count). The molecule has 19 heavy (non-hydrogen) atoms. The molecule has 1 amide bonds. The van der Waals surface area contributed by atoms with Crippen LogP contribution in [-0.4, -0.2) is 11.1 Å². The van der Waals surface area contributed by atoms with Crippen LogP contribution >= 0.6 is 0 Å². The number of hydroxylamine groups is 1. The summed E-state index contributed by atoms with van der Waals surface area (Å²) in [6, 6.07) is 7.83. The van der Waals surface area contributed by atoms with Crippen molar-refractivity contribution in [3.05, 3.63) is 65.8 Å². The normalized spacial score (nSPS) is 27.3. The molecule has 3 atom stereocenters. The minimum atomic E-state index is -0.373. The number of nitrogens with one attached hydrogen (secondary N) is 1. The number of benzene rings is 1. The first-order valence-electron chi connectivity index (χ1n) is 6.37. The average Bonchev–Trinajstić information content (AvgIpc) is 2.63. The van der Waals surface area contributed by atoms with Gasteiger partial charge in [-0.2, -0.15) is 0 Å². The van der Waals surface area contributed by atoms with Gasteiger partial charge >= 0.3 is 0 Å². The van der Waals surface area contributed by atoms with Crippen LogP contribution in [0.2, 0.25) is 0 Å². The summed E-state index contributed by atoms with van der Waals surface area (Å²) in [6.45, 7) is 0. The topological polar surface area (TPSA) is 49.3 Å². The van der Waals surface area contributed by atoms with Gasteiger partial charge in [-0.25, -0.2) is 5.48 Å². The monoisotopic (exact) mass is 253 g/mol. The number of amides is 1.